The Balaban J connectivity index is 1.88. The standard InChI is InChI=1S/C17H20N4O3/c22-16(23)7-6-14(10-13-4-2-1-3-5-13)21-17(24)19-11-15-8-9-18-12-20-15/h1-5,8-9,12,14H,6-7,10-11H2,(H,22,23)(H2,19,21,24). The summed E-state index contributed by atoms with van der Waals surface area (Å²) in [5.74, 6) is -0.878. The van der Waals surface area contributed by atoms with E-state index < -0.39 is 5.97 Å². The zero-order valence-electron chi connectivity index (χ0n) is 13.2. The second kappa shape index (κ2) is 9.24. The van der Waals surface area contributed by atoms with Crippen LogP contribution in [0.3, 0.4) is 0 Å². The molecule has 0 bridgehead atoms. The topological polar surface area (TPSA) is 104 Å². The summed E-state index contributed by atoms with van der Waals surface area (Å²) in [6, 6.07) is 10.8. The fourth-order valence-electron chi connectivity index (χ4n) is 2.25. The lowest BCUT2D eigenvalue weighted by atomic mass is 10.0. The van der Waals surface area contributed by atoms with E-state index >= 15 is 0 Å². The molecule has 1 unspecified atom stereocenters. The summed E-state index contributed by atoms with van der Waals surface area (Å²) < 4.78 is 0. The average Bonchev–Trinajstić information content (AvgIpc) is 2.60. The van der Waals surface area contributed by atoms with Crippen LogP contribution < -0.4 is 10.6 Å². The third-order valence-electron chi connectivity index (χ3n) is 3.44. The average molecular weight is 328 g/mol. The van der Waals surface area contributed by atoms with E-state index in [0.717, 1.165) is 5.56 Å². The Labute approximate surface area is 140 Å². The maximum atomic E-state index is 12.0. The molecule has 0 aliphatic carbocycles. The first-order chi connectivity index (χ1) is 11.6. The molecule has 0 spiro atoms. The first-order valence-corrected chi connectivity index (χ1v) is 7.68. The zero-order chi connectivity index (χ0) is 17.2. The predicted octanol–water partition coefficient (Wildman–Crippen LogP) is 1.75. The molecule has 7 heteroatoms. The first-order valence-electron chi connectivity index (χ1n) is 7.68. The van der Waals surface area contributed by atoms with Crippen molar-refractivity contribution in [1.82, 2.24) is 20.6 Å². The van der Waals surface area contributed by atoms with Gasteiger partial charge >= 0.3 is 12.0 Å². The van der Waals surface area contributed by atoms with Gasteiger partial charge in [-0.1, -0.05) is 30.3 Å². The summed E-state index contributed by atoms with van der Waals surface area (Å²) in [7, 11) is 0. The molecule has 0 fully saturated rings. The van der Waals surface area contributed by atoms with Crippen LogP contribution in [-0.2, 0) is 17.8 Å². The molecule has 2 amide bonds. The zero-order valence-corrected chi connectivity index (χ0v) is 13.2. The Morgan fingerprint density at radius 3 is 2.62 bits per heavy atom. The minimum Gasteiger partial charge on any atom is -0.481 e. The lowest BCUT2D eigenvalue weighted by Crippen LogP contribution is -2.43. The van der Waals surface area contributed by atoms with Crippen molar-refractivity contribution in [3.63, 3.8) is 0 Å². The second-order valence-electron chi connectivity index (χ2n) is 5.35. The molecular formula is C17H20N4O3. The number of nitrogens with one attached hydrogen (secondary N) is 2. The van der Waals surface area contributed by atoms with Crippen LogP contribution in [0.25, 0.3) is 0 Å². The molecule has 2 aromatic rings. The van der Waals surface area contributed by atoms with Crippen molar-refractivity contribution in [1.29, 1.82) is 0 Å². The second-order valence-corrected chi connectivity index (χ2v) is 5.35. The Morgan fingerprint density at radius 2 is 1.96 bits per heavy atom. The lowest BCUT2D eigenvalue weighted by Gasteiger charge is -2.18. The van der Waals surface area contributed by atoms with Crippen molar-refractivity contribution in [3.8, 4) is 0 Å². The largest absolute Gasteiger partial charge is 0.481 e. The van der Waals surface area contributed by atoms with Crippen LogP contribution in [0.4, 0.5) is 4.79 Å². The van der Waals surface area contributed by atoms with Gasteiger partial charge in [-0.15, -0.1) is 0 Å². The van der Waals surface area contributed by atoms with Crippen molar-refractivity contribution in [3.05, 3.63) is 60.2 Å². The number of urea groups is 1. The number of amides is 2. The number of aliphatic carboxylic acids is 1. The van der Waals surface area contributed by atoms with Crippen LogP contribution in [0.15, 0.2) is 48.9 Å². The molecule has 0 saturated heterocycles. The molecule has 1 aromatic carbocycles. The minimum absolute atomic E-state index is 0.00366. The van der Waals surface area contributed by atoms with E-state index in [1.165, 1.54) is 6.33 Å². The normalized spacial score (nSPS) is 11.5. The van der Waals surface area contributed by atoms with Gasteiger partial charge < -0.3 is 15.7 Å². The molecule has 0 radical (unpaired) electrons. The van der Waals surface area contributed by atoms with Gasteiger partial charge in [0.1, 0.15) is 6.33 Å². The molecular weight excluding hydrogens is 308 g/mol. The number of hydrogen-bond acceptors (Lipinski definition) is 4. The third-order valence-corrected chi connectivity index (χ3v) is 3.44. The molecule has 0 aliphatic rings. The van der Waals surface area contributed by atoms with E-state index in [1.807, 2.05) is 30.3 Å². The smallest absolute Gasteiger partial charge is 0.315 e. The molecule has 0 saturated carbocycles. The van der Waals surface area contributed by atoms with Crippen LogP contribution in [0.2, 0.25) is 0 Å². The van der Waals surface area contributed by atoms with Gasteiger partial charge in [0, 0.05) is 18.7 Å². The van der Waals surface area contributed by atoms with Crippen molar-refractivity contribution in [2.24, 2.45) is 0 Å². The molecule has 1 aromatic heterocycles. The number of carboxylic acids is 1. The van der Waals surface area contributed by atoms with Gasteiger partial charge in [0.25, 0.3) is 0 Å². The van der Waals surface area contributed by atoms with Crippen molar-refractivity contribution >= 4 is 12.0 Å². The van der Waals surface area contributed by atoms with E-state index in [4.69, 9.17) is 5.11 Å². The van der Waals surface area contributed by atoms with Gasteiger partial charge in [0.2, 0.25) is 0 Å². The number of rotatable bonds is 8. The number of carbonyl (C=O) groups excluding carboxylic acids is 1. The molecule has 24 heavy (non-hydrogen) atoms. The Morgan fingerprint density at radius 1 is 1.17 bits per heavy atom. The summed E-state index contributed by atoms with van der Waals surface area (Å²) in [6.45, 7) is 0.283. The summed E-state index contributed by atoms with van der Waals surface area (Å²) in [5, 5.41) is 14.4. The third kappa shape index (κ3) is 6.43. The van der Waals surface area contributed by atoms with Crippen molar-refractivity contribution in [2.45, 2.75) is 31.8 Å². The number of hydrogen-bond donors (Lipinski definition) is 3. The van der Waals surface area contributed by atoms with Gasteiger partial charge in [-0.2, -0.15) is 0 Å². The fourth-order valence-corrected chi connectivity index (χ4v) is 2.25. The maximum absolute atomic E-state index is 12.0. The molecule has 0 aliphatic heterocycles. The minimum atomic E-state index is -0.878. The summed E-state index contributed by atoms with van der Waals surface area (Å²) in [4.78, 5) is 30.7. The highest BCUT2D eigenvalue weighted by Gasteiger charge is 2.14. The molecule has 2 rings (SSSR count). The van der Waals surface area contributed by atoms with E-state index in [0.29, 0.717) is 18.5 Å². The number of benzene rings is 1. The van der Waals surface area contributed by atoms with E-state index in [1.54, 1.807) is 12.3 Å². The van der Waals surface area contributed by atoms with Crippen LogP contribution in [0, 0.1) is 0 Å². The van der Waals surface area contributed by atoms with Crippen LogP contribution >= 0.6 is 0 Å². The monoisotopic (exact) mass is 328 g/mol. The Bertz CT molecular complexity index is 649. The molecule has 126 valence electrons. The highest BCUT2D eigenvalue weighted by atomic mass is 16.4. The van der Waals surface area contributed by atoms with Crippen molar-refractivity contribution < 1.29 is 14.7 Å². The van der Waals surface area contributed by atoms with E-state index in [-0.39, 0.29) is 25.0 Å². The van der Waals surface area contributed by atoms with Gasteiger partial charge in [0.05, 0.1) is 12.2 Å². The Kier molecular flexibility index (Phi) is 6.70. The summed E-state index contributed by atoms with van der Waals surface area (Å²) in [5.41, 5.74) is 1.74. The molecule has 7 nitrogen and oxygen atoms in total. The lowest BCUT2D eigenvalue weighted by molar-refractivity contribution is -0.137. The number of carboxylic acid groups (broad SMARTS) is 1. The van der Waals surface area contributed by atoms with Gasteiger partial charge in [-0.25, -0.2) is 14.8 Å². The molecule has 1 atom stereocenters. The Hall–Kier alpha value is -2.96. The van der Waals surface area contributed by atoms with Crippen LogP contribution in [-0.4, -0.2) is 33.1 Å². The highest BCUT2D eigenvalue weighted by molar-refractivity contribution is 5.74. The first kappa shape index (κ1) is 17.4. The fraction of sp³-hybridized carbons (Fsp3) is 0.294. The molecule has 3 N–H and O–H groups in total. The number of nitrogens with zero attached hydrogens (tertiary/aromatic N) is 2. The van der Waals surface area contributed by atoms with Crippen molar-refractivity contribution in [2.75, 3.05) is 0 Å². The molecule has 1 heterocycles. The van der Waals surface area contributed by atoms with Gasteiger partial charge in [-0.3, -0.25) is 4.79 Å². The maximum Gasteiger partial charge on any atom is 0.315 e. The van der Waals surface area contributed by atoms with Gasteiger partial charge in [0.15, 0.2) is 0 Å². The SMILES string of the molecule is O=C(O)CCC(Cc1ccccc1)NC(=O)NCc1ccncn1. The van der Waals surface area contributed by atoms with Gasteiger partial charge in [-0.05, 0) is 24.5 Å². The summed E-state index contributed by atoms with van der Waals surface area (Å²) >= 11 is 0. The highest BCUT2D eigenvalue weighted by Crippen LogP contribution is 2.08. The predicted molar refractivity (Wildman–Crippen MR) is 88.2 cm³/mol. The number of aromatic nitrogens is 2. The van der Waals surface area contributed by atoms with Crippen LogP contribution in [0.1, 0.15) is 24.1 Å². The quantitative estimate of drug-likeness (QED) is 0.685. The van der Waals surface area contributed by atoms with E-state index in [9.17, 15) is 9.59 Å². The number of carbonyl (C=O) groups is 2. The van der Waals surface area contributed by atoms with E-state index in [2.05, 4.69) is 20.6 Å². The summed E-state index contributed by atoms with van der Waals surface area (Å²) in [6.07, 6.45) is 3.97. The van der Waals surface area contributed by atoms with Crippen LogP contribution in [0.5, 0.6) is 0 Å².